The molecule has 3 rings (SSSR count). The first-order valence-corrected chi connectivity index (χ1v) is 9.31. The van der Waals surface area contributed by atoms with Crippen LogP contribution in [0.5, 0.6) is 11.5 Å². The number of aromatic nitrogens is 1. The molecule has 1 N–H and O–H groups in total. The highest BCUT2D eigenvalue weighted by Gasteiger charge is 2.13. The molecule has 150 valence electrons. The van der Waals surface area contributed by atoms with Crippen molar-refractivity contribution in [3.63, 3.8) is 0 Å². The number of rotatable bonds is 8. The molecule has 0 bridgehead atoms. The van der Waals surface area contributed by atoms with E-state index in [0.29, 0.717) is 24.5 Å². The Morgan fingerprint density at radius 1 is 0.966 bits per heavy atom. The Kier molecular flexibility index (Phi) is 7.05. The van der Waals surface area contributed by atoms with Crippen molar-refractivity contribution in [3.05, 3.63) is 78.1 Å². The molecule has 3 aromatic rings. The van der Waals surface area contributed by atoms with Gasteiger partial charge in [0.05, 0.1) is 14.2 Å². The van der Waals surface area contributed by atoms with Gasteiger partial charge in [-0.1, -0.05) is 30.3 Å². The van der Waals surface area contributed by atoms with E-state index in [9.17, 15) is 4.79 Å². The molecule has 0 spiro atoms. The summed E-state index contributed by atoms with van der Waals surface area (Å²) in [7, 11) is 3.21. The van der Waals surface area contributed by atoms with Crippen molar-refractivity contribution in [2.24, 2.45) is 0 Å². The number of nitrogens with one attached hydrogen (secondary N) is 1. The quantitative estimate of drug-likeness (QED) is 0.621. The second-order valence-corrected chi connectivity index (χ2v) is 6.34. The van der Waals surface area contributed by atoms with Crippen molar-refractivity contribution in [2.45, 2.75) is 13.0 Å². The van der Waals surface area contributed by atoms with Gasteiger partial charge in [-0.15, -0.1) is 0 Å². The fourth-order valence-electron chi connectivity index (χ4n) is 3.00. The number of nitrogens with zero attached hydrogens (tertiary/aromatic N) is 1. The maximum atomic E-state index is 12.0. The number of hydrogen-bond acceptors (Lipinski definition) is 5. The molecule has 1 aromatic heterocycles. The number of benzene rings is 2. The largest absolute Gasteiger partial charge is 0.493 e. The van der Waals surface area contributed by atoms with Crippen LogP contribution in [0.4, 0.5) is 4.79 Å². The second-order valence-electron chi connectivity index (χ2n) is 6.34. The van der Waals surface area contributed by atoms with Gasteiger partial charge in [-0.25, -0.2) is 4.79 Å². The summed E-state index contributed by atoms with van der Waals surface area (Å²) in [6.07, 6.45) is 3.66. The minimum absolute atomic E-state index is 0.241. The van der Waals surface area contributed by atoms with Gasteiger partial charge < -0.3 is 19.5 Å². The van der Waals surface area contributed by atoms with E-state index in [-0.39, 0.29) is 6.61 Å². The second kappa shape index (κ2) is 10.1. The van der Waals surface area contributed by atoms with Crippen LogP contribution in [0.25, 0.3) is 11.1 Å². The Morgan fingerprint density at radius 3 is 2.34 bits per heavy atom. The molecule has 29 heavy (non-hydrogen) atoms. The van der Waals surface area contributed by atoms with Crippen molar-refractivity contribution >= 4 is 6.09 Å². The molecule has 2 aromatic carbocycles. The molecule has 6 nitrogen and oxygen atoms in total. The minimum Gasteiger partial charge on any atom is -0.493 e. The summed E-state index contributed by atoms with van der Waals surface area (Å²) in [5.74, 6) is 1.30. The van der Waals surface area contributed by atoms with E-state index in [0.717, 1.165) is 22.3 Å². The van der Waals surface area contributed by atoms with Crippen LogP contribution in [-0.2, 0) is 17.8 Å². The first-order chi connectivity index (χ1) is 14.2. The van der Waals surface area contributed by atoms with Crippen molar-refractivity contribution in [1.29, 1.82) is 0 Å². The van der Waals surface area contributed by atoms with E-state index >= 15 is 0 Å². The molecule has 0 fully saturated rings. The Morgan fingerprint density at radius 2 is 1.66 bits per heavy atom. The molecule has 6 heteroatoms. The topological polar surface area (TPSA) is 69.7 Å². The lowest BCUT2D eigenvalue weighted by molar-refractivity contribution is 0.140. The average molecular weight is 392 g/mol. The molecule has 0 aliphatic heterocycles. The predicted octanol–water partition coefficient (Wildman–Crippen LogP) is 4.23. The lowest BCUT2D eigenvalue weighted by atomic mass is 9.97. The Hall–Kier alpha value is -3.54. The number of carbonyl (C=O) groups is 1. The molecule has 1 amide bonds. The highest BCUT2D eigenvalue weighted by Crippen LogP contribution is 2.35. The summed E-state index contributed by atoms with van der Waals surface area (Å²) >= 11 is 0. The van der Waals surface area contributed by atoms with Crippen LogP contribution in [0.1, 0.15) is 11.1 Å². The highest BCUT2D eigenvalue weighted by molar-refractivity contribution is 5.71. The number of carbonyl (C=O) groups excluding carboxylic acids is 1. The fraction of sp³-hybridized carbons (Fsp3) is 0.217. The van der Waals surface area contributed by atoms with Gasteiger partial charge in [0.15, 0.2) is 11.5 Å². The van der Waals surface area contributed by atoms with Gasteiger partial charge in [0.1, 0.15) is 6.61 Å². The summed E-state index contributed by atoms with van der Waals surface area (Å²) in [4.78, 5) is 16.1. The Balaban J connectivity index is 1.67. The number of hydrogen-bond donors (Lipinski definition) is 1. The monoisotopic (exact) mass is 392 g/mol. The standard InChI is InChI=1S/C23H24N2O4/c1-27-21-14-19(20(15-22(21)28-2)18-8-11-24-12-9-18)10-13-25-23(26)29-16-17-6-4-3-5-7-17/h3-9,11-12,14-15H,10,13,16H2,1-2H3,(H,25,26). The zero-order valence-electron chi connectivity index (χ0n) is 16.6. The molecule has 0 atom stereocenters. The van der Waals surface area contributed by atoms with E-state index in [4.69, 9.17) is 14.2 Å². The van der Waals surface area contributed by atoms with Crippen LogP contribution >= 0.6 is 0 Å². The normalized spacial score (nSPS) is 10.3. The lowest BCUT2D eigenvalue weighted by Gasteiger charge is -2.15. The van der Waals surface area contributed by atoms with E-state index in [1.165, 1.54) is 0 Å². The summed E-state index contributed by atoms with van der Waals surface area (Å²) < 4.78 is 16.1. The molecule has 0 radical (unpaired) electrons. The van der Waals surface area contributed by atoms with Gasteiger partial charge in [0.2, 0.25) is 0 Å². The van der Waals surface area contributed by atoms with Gasteiger partial charge in [0, 0.05) is 18.9 Å². The minimum atomic E-state index is -0.445. The molecular formula is C23H24N2O4. The third kappa shape index (κ3) is 5.48. The van der Waals surface area contributed by atoms with Gasteiger partial charge in [-0.3, -0.25) is 4.98 Å². The van der Waals surface area contributed by atoms with Crippen LogP contribution in [0, 0.1) is 0 Å². The summed E-state index contributed by atoms with van der Waals surface area (Å²) in [6, 6.07) is 17.3. The zero-order chi connectivity index (χ0) is 20.5. The van der Waals surface area contributed by atoms with Gasteiger partial charge in [0.25, 0.3) is 0 Å². The SMILES string of the molecule is COc1cc(CCNC(=O)OCc2ccccc2)c(-c2ccncc2)cc1OC. The van der Waals surface area contributed by atoms with Crippen molar-refractivity contribution in [3.8, 4) is 22.6 Å². The molecule has 0 saturated heterocycles. The summed E-state index contributed by atoms with van der Waals surface area (Å²) in [5, 5.41) is 2.80. The molecule has 0 aliphatic carbocycles. The van der Waals surface area contributed by atoms with E-state index in [2.05, 4.69) is 10.3 Å². The fourth-order valence-corrected chi connectivity index (χ4v) is 3.00. The third-order valence-electron chi connectivity index (χ3n) is 4.48. The number of amides is 1. The van der Waals surface area contributed by atoms with Crippen LogP contribution in [0.2, 0.25) is 0 Å². The lowest BCUT2D eigenvalue weighted by Crippen LogP contribution is -2.26. The Labute approximate surface area is 170 Å². The molecule has 0 unspecified atom stereocenters. The maximum Gasteiger partial charge on any atom is 0.407 e. The molecule has 0 saturated carbocycles. The van der Waals surface area contributed by atoms with Crippen LogP contribution in [-0.4, -0.2) is 31.8 Å². The highest BCUT2D eigenvalue weighted by atomic mass is 16.5. The number of alkyl carbamates (subject to hydrolysis) is 1. The number of methoxy groups -OCH3 is 2. The van der Waals surface area contributed by atoms with E-state index in [1.54, 1.807) is 26.6 Å². The maximum absolute atomic E-state index is 12.0. The number of ether oxygens (including phenoxy) is 3. The van der Waals surface area contributed by atoms with Gasteiger partial charge in [-0.05, 0) is 52.9 Å². The van der Waals surface area contributed by atoms with Crippen LogP contribution < -0.4 is 14.8 Å². The van der Waals surface area contributed by atoms with Gasteiger partial charge in [-0.2, -0.15) is 0 Å². The van der Waals surface area contributed by atoms with Crippen molar-refractivity contribution in [2.75, 3.05) is 20.8 Å². The Bertz CT molecular complexity index is 930. The van der Waals surface area contributed by atoms with E-state index in [1.807, 2.05) is 54.6 Å². The molecule has 1 heterocycles. The van der Waals surface area contributed by atoms with Gasteiger partial charge >= 0.3 is 6.09 Å². The third-order valence-corrected chi connectivity index (χ3v) is 4.48. The molecular weight excluding hydrogens is 368 g/mol. The van der Waals surface area contributed by atoms with Crippen molar-refractivity contribution in [1.82, 2.24) is 10.3 Å². The van der Waals surface area contributed by atoms with Crippen LogP contribution in [0.3, 0.4) is 0 Å². The average Bonchev–Trinajstić information content (AvgIpc) is 2.78. The van der Waals surface area contributed by atoms with Crippen molar-refractivity contribution < 1.29 is 19.0 Å². The predicted molar refractivity (Wildman–Crippen MR) is 111 cm³/mol. The number of pyridine rings is 1. The molecule has 0 aliphatic rings. The summed E-state index contributed by atoms with van der Waals surface area (Å²) in [6.45, 7) is 0.673. The first kappa shape index (κ1) is 20.2. The van der Waals surface area contributed by atoms with E-state index < -0.39 is 6.09 Å². The first-order valence-electron chi connectivity index (χ1n) is 9.31. The summed E-state index contributed by atoms with van der Waals surface area (Å²) in [5.41, 5.74) is 3.99. The smallest absolute Gasteiger partial charge is 0.407 e. The van der Waals surface area contributed by atoms with Crippen LogP contribution in [0.15, 0.2) is 67.0 Å². The zero-order valence-corrected chi connectivity index (χ0v) is 16.6.